The third-order valence-electron chi connectivity index (χ3n) is 5.87. The molecule has 1 heterocycles. The van der Waals surface area contributed by atoms with E-state index in [0.717, 1.165) is 25.0 Å². The molecule has 0 saturated heterocycles. The van der Waals surface area contributed by atoms with Crippen LogP contribution < -0.4 is 9.47 Å². The van der Waals surface area contributed by atoms with Crippen LogP contribution in [-0.2, 0) is 6.54 Å². The quantitative estimate of drug-likeness (QED) is 0.739. The first-order valence-electron chi connectivity index (χ1n) is 10.5. The highest BCUT2D eigenvalue weighted by Gasteiger charge is 2.27. The molecule has 2 aliphatic rings. The van der Waals surface area contributed by atoms with E-state index in [1.165, 1.54) is 30.4 Å². The lowest BCUT2D eigenvalue weighted by molar-refractivity contribution is 0.0613. The number of carbonyl (C=O) groups is 1. The fourth-order valence-corrected chi connectivity index (χ4v) is 4.19. The van der Waals surface area contributed by atoms with Crippen molar-refractivity contribution in [2.75, 3.05) is 13.2 Å². The lowest BCUT2D eigenvalue weighted by atomic mass is 9.93. The molecule has 0 unspecified atom stereocenters. The molecule has 0 atom stereocenters. The second-order valence-electron chi connectivity index (χ2n) is 7.86. The van der Waals surface area contributed by atoms with Gasteiger partial charge in [0.05, 0.1) is 13.2 Å². The van der Waals surface area contributed by atoms with Crippen LogP contribution in [0.25, 0.3) is 0 Å². The van der Waals surface area contributed by atoms with Crippen LogP contribution in [0.1, 0.15) is 60.0 Å². The number of hydrogen-bond acceptors (Lipinski definition) is 3. The molecule has 0 bridgehead atoms. The predicted octanol–water partition coefficient (Wildman–Crippen LogP) is 5.13. The van der Waals surface area contributed by atoms with Gasteiger partial charge in [-0.25, -0.2) is 0 Å². The summed E-state index contributed by atoms with van der Waals surface area (Å²) in [6, 6.07) is 14.3. The standard InChI is InChI=1S/C24H29NO3/c1-18-8-5-6-9-20(18)17-25(21-10-3-2-4-11-21)24(26)19-12-13-22-23(16-19)28-15-7-14-27-22/h5-6,8-9,12-13,16,21H,2-4,7,10-11,14-15,17H2,1H3. The Balaban J connectivity index is 1.62. The van der Waals surface area contributed by atoms with Crippen molar-refractivity contribution in [3.8, 4) is 11.5 Å². The summed E-state index contributed by atoms with van der Waals surface area (Å²) in [4.78, 5) is 15.6. The molecule has 148 valence electrons. The van der Waals surface area contributed by atoms with E-state index in [4.69, 9.17) is 9.47 Å². The van der Waals surface area contributed by atoms with Gasteiger partial charge in [0.15, 0.2) is 11.5 Å². The van der Waals surface area contributed by atoms with Gasteiger partial charge < -0.3 is 14.4 Å². The first-order valence-corrected chi connectivity index (χ1v) is 10.5. The smallest absolute Gasteiger partial charge is 0.254 e. The average molecular weight is 380 g/mol. The van der Waals surface area contributed by atoms with E-state index in [9.17, 15) is 4.79 Å². The van der Waals surface area contributed by atoms with Gasteiger partial charge in [0.1, 0.15) is 0 Å². The van der Waals surface area contributed by atoms with E-state index >= 15 is 0 Å². The molecule has 1 aliphatic heterocycles. The summed E-state index contributed by atoms with van der Waals surface area (Å²) in [6.07, 6.45) is 6.70. The van der Waals surface area contributed by atoms with E-state index in [1.54, 1.807) is 0 Å². The van der Waals surface area contributed by atoms with Crippen LogP contribution in [0.3, 0.4) is 0 Å². The molecule has 2 aromatic carbocycles. The Hall–Kier alpha value is -2.49. The number of nitrogens with zero attached hydrogens (tertiary/aromatic N) is 1. The Bertz CT molecular complexity index is 826. The molecule has 2 aromatic rings. The highest BCUT2D eigenvalue weighted by molar-refractivity contribution is 5.95. The number of rotatable bonds is 4. The molecule has 4 rings (SSSR count). The van der Waals surface area contributed by atoms with E-state index < -0.39 is 0 Å². The maximum atomic E-state index is 13.6. The predicted molar refractivity (Wildman–Crippen MR) is 110 cm³/mol. The normalized spacial score (nSPS) is 17.0. The fraction of sp³-hybridized carbons (Fsp3) is 0.458. The molecule has 1 fully saturated rings. The lowest BCUT2D eigenvalue weighted by Gasteiger charge is -2.35. The molecule has 28 heavy (non-hydrogen) atoms. The van der Waals surface area contributed by atoms with Gasteiger partial charge in [-0.3, -0.25) is 4.79 Å². The van der Waals surface area contributed by atoms with E-state index in [-0.39, 0.29) is 5.91 Å². The van der Waals surface area contributed by atoms with Gasteiger partial charge in [-0.2, -0.15) is 0 Å². The number of hydrogen-bond donors (Lipinski definition) is 0. The molecule has 0 radical (unpaired) electrons. The summed E-state index contributed by atoms with van der Waals surface area (Å²) < 4.78 is 11.5. The van der Waals surface area contributed by atoms with Crippen molar-refractivity contribution in [1.82, 2.24) is 4.90 Å². The minimum atomic E-state index is 0.0887. The minimum Gasteiger partial charge on any atom is -0.490 e. The number of ether oxygens (including phenoxy) is 2. The summed E-state index contributed by atoms with van der Waals surface area (Å²) in [6.45, 7) is 4.05. The van der Waals surface area contributed by atoms with Crippen LogP contribution in [0.15, 0.2) is 42.5 Å². The number of aryl methyl sites for hydroxylation is 1. The molecule has 0 spiro atoms. The largest absolute Gasteiger partial charge is 0.490 e. The second kappa shape index (κ2) is 8.68. The van der Waals surface area contributed by atoms with Gasteiger partial charge in [-0.05, 0) is 49.1 Å². The van der Waals surface area contributed by atoms with Crippen LogP contribution in [-0.4, -0.2) is 30.1 Å². The molecule has 1 aliphatic carbocycles. The van der Waals surface area contributed by atoms with Crippen molar-refractivity contribution in [2.24, 2.45) is 0 Å². The number of fused-ring (bicyclic) bond motifs is 1. The summed E-state index contributed by atoms with van der Waals surface area (Å²) in [5.74, 6) is 1.51. The second-order valence-corrected chi connectivity index (χ2v) is 7.86. The third-order valence-corrected chi connectivity index (χ3v) is 5.87. The molecule has 4 heteroatoms. The first-order chi connectivity index (χ1) is 13.7. The topological polar surface area (TPSA) is 38.8 Å². The van der Waals surface area contributed by atoms with Gasteiger partial charge >= 0.3 is 0 Å². The van der Waals surface area contributed by atoms with Gasteiger partial charge in [-0.15, -0.1) is 0 Å². The van der Waals surface area contributed by atoms with Crippen molar-refractivity contribution in [2.45, 2.75) is 58.0 Å². The van der Waals surface area contributed by atoms with Gasteiger partial charge in [0.25, 0.3) is 5.91 Å². The van der Waals surface area contributed by atoms with Crippen molar-refractivity contribution >= 4 is 5.91 Å². The van der Waals surface area contributed by atoms with E-state index in [0.29, 0.717) is 37.1 Å². The maximum Gasteiger partial charge on any atom is 0.254 e. The highest BCUT2D eigenvalue weighted by Crippen LogP contribution is 2.32. The molecular formula is C24H29NO3. The SMILES string of the molecule is Cc1ccccc1CN(C(=O)c1ccc2c(c1)OCCCO2)C1CCCCC1. The summed E-state index contributed by atoms with van der Waals surface area (Å²) >= 11 is 0. The van der Waals surface area contributed by atoms with Crippen molar-refractivity contribution in [1.29, 1.82) is 0 Å². The molecule has 4 nitrogen and oxygen atoms in total. The zero-order valence-corrected chi connectivity index (χ0v) is 16.7. The van der Waals surface area contributed by atoms with Gasteiger partial charge in [0, 0.05) is 24.6 Å². The Kier molecular flexibility index (Phi) is 5.84. The van der Waals surface area contributed by atoms with Crippen molar-refractivity contribution < 1.29 is 14.3 Å². The first kappa shape index (κ1) is 18.9. The molecule has 0 N–H and O–H groups in total. The van der Waals surface area contributed by atoms with E-state index in [2.05, 4.69) is 36.1 Å². The summed E-state index contributed by atoms with van der Waals surface area (Å²) in [7, 11) is 0. The number of benzene rings is 2. The summed E-state index contributed by atoms with van der Waals surface area (Å²) in [5.41, 5.74) is 3.13. The Morgan fingerprint density at radius 3 is 2.50 bits per heavy atom. The lowest BCUT2D eigenvalue weighted by Crippen LogP contribution is -2.41. The van der Waals surface area contributed by atoms with Crippen LogP contribution in [0.2, 0.25) is 0 Å². The third kappa shape index (κ3) is 4.16. The zero-order chi connectivity index (χ0) is 19.3. The molecular weight excluding hydrogens is 350 g/mol. The Labute approximate surface area is 167 Å². The maximum absolute atomic E-state index is 13.6. The van der Waals surface area contributed by atoms with Gasteiger partial charge in [-0.1, -0.05) is 43.5 Å². The number of amides is 1. The molecule has 1 saturated carbocycles. The van der Waals surface area contributed by atoms with Crippen LogP contribution in [0.4, 0.5) is 0 Å². The molecule has 1 amide bonds. The van der Waals surface area contributed by atoms with Crippen LogP contribution in [0, 0.1) is 6.92 Å². The highest BCUT2D eigenvalue weighted by atomic mass is 16.5. The number of carbonyl (C=O) groups excluding carboxylic acids is 1. The van der Waals surface area contributed by atoms with Crippen LogP contribution >= 0.6 is 0 Å². The fourth-order valence-electron chi connectivity index (χ4n) is 4.19. The summed E-state index contributed by atoms with van der Waals surface area (Å²) in [5, 5.41) is 0. The van der Waals surface area contributed by atoms with Crippen LogP contribution in [0.5, 0.6) is 11.5 Å². The Morgan fingerprint density at radius 2 is 1.71 bits per heavy atom. The molecule has 0 aromatic heterocycles. The minimum absolute atomic E-state index is 0.0887. The monoisotopic (exact) mass is 379 g/mol. The van der Waals surface area contributed by atoms with Gasteiger partial charge in [0.2, 0.25) is 0 Å². The van der Waals surface area contributed by atoms with E-state index in [1.807, 2.05) is 18.2 Å². The zero-order valence-electron chi connectivity index (χ0n) is 16.7. The van der Waals surface area contributed by atoms with Crippen molar-refractivity contribution in [3.05, 3.63) is 59.2 Å². The average Bonchev–Trinajstić information content (AvgIpc) is 2.98. The van der Waals surface area contributed by atoms with Crippen molar-refractivity contribution in [3.63, 3.8) is 0 Å². The Morgan fingerprint density at radius 1 is 0.964 bits per heavy atom.